The van der Waals surface area contributed by atoms with Gasteiger partial charge in [-0.1, -0.05) is 59.8 Å². The number of hydrogen-bond donors (Lipinski definition) is 1. The van der Waals surface area contributed by atoms with Gasteiger partial charge in [-0.2, -0.15) is 0 Å². The SMILES string of the molecule is Cc1ccc(C(C(=O)Nc2ccc(N3CCOCC3)cc2)N(Cc2ccccc2F)C(=O)CSc2nc(C)cc(C)n2)cc1. The quantitative estimate of drug-likeness (QED) is 0.177. The number of aryl methyl sites for hydroxylation is 3. The minimum Gasteiger partial charge on any atom is -0.378 e. The number of aromatic nitrogens is 2. The molecule has 1 atom stereocenters. The first kappa shape index (κ1) is 31.2. The summed E-state index contributed by atoms with van der Waals surface area (Å²) in [5.41, 5.74) is 5.19. The Bertz CT molecular complexity index is 1570. The maximum Gasteiger partial charge on any atom is 0.251 e. The van der Waals surface area contributed by atoms with Gasteiger partial charge in [0.1, 0.15) is 11.9 Å². The Labute approximate surface area is 261 Å². The highest BCUT2D eigenvalue weighted by molar-refractivity contribution is 7.99. The third-order valence-electron chi connectivity index (χ3n) is 7.37. The first-order valence-electron chi connectivity index (χ1n) is 14.5. The lowest BCUT2D eigenvalue weighted by Gasteiger charge is -2.32. The van der Waals surface area contributed by atoms with Crippen LogP contribution >= 0.6 is 11.8 Å². The second-order valence-electron chi connectivity index (χ2n) is 10.8. The maximum absolute atomic E-state index is 14.9. The van der Waals surface area contributed by atoms with Crippen LogP contribution < -0.4 is 10.2 Å². The molecule has 0 saturated carbocycles. The van der Waals surface area contributed by atoms with E-state index in [1.165, 1.54) is 22.7 Å². The van der Waals surface area contributed by atoms with Crippen molar-refractivity contribution in [1.82, 2.24) is 14.9 Å². The molecule has 228 valence electrons. The summed E-state index contributed by atoms with van der Waals surface area (Å²) in [6.07, 6.45) is 0. The van der Waals surface area contributed by atoms with Crippen LogP contribution in [0.1, 0.15) is 34.1 Å². The largest absolute Gasteiger partial charge is 0.378 e. The van der Waals surface area contributed by atoms with Gasteiger partial charge < -0.3 is 19.9 Å². The second-order valence-corrected chi connectivity index (χ2v) is 11.7. The minimum atomic E-state index is -1.03. The fourth-order valence-corrected chi connectivity index (χ4v) is 5.95. The van der Waals surface area contributed by atoms with Gasteiger partial charge in [0.15, 0.2) is 5.16 Å². The molecule has 0 aliphatic carbocycles. The summed E-state index contributed by atoms with van der Waals surface area (Å²) in [4.78, 5) is 40.7. The van der Waals surface area contributed by atoms with Gasteiger partial charge in [0.2, 0.25) is 5.91 Å². The Balaban J connectivity index is 1.45. The molecular formula is C34H36FN5O3S. The lowest BCUT2D eigenvalue weighted by molar-refractivity contribution is -0.137. The molecule has 8 nitrogen and oxygen atoms in total. The second kappa shape index (κ2) is 14.5. The lowest BCUT2D eigenvalue weighted by Crippen LogP contribution is -2.42. The third kappa shape index (κ3) is 8.00. The summed E-state index contributed by atoms with van der Waals surface area (Å²) in [6.45, 7) is 8.57. The number of nitrogens with zero attached hydrogens (tertiary/aromatic N) is 4. The molecule has 10 heteroatoms. The molecule has 0 radical (unpaired) electrons. The number of amides is 2. The predicted molar refractivity (Wildman–Crippen MR) is 171 cm³/mol. The predicted octanol–water partition coefficient (Wildman–Crippen LogP) is 5.88. The van der Waals surface area contributed by atoms with Gasteiger partial charge in [0.25, 0.3) is 5.91 Å². The van der Waals surface area contributed by atoms with Gasteiger partial charge in [-0.25, -0.2) is 14.4 Å². The van der Waals surface area contributed by atoms with E-state index in [2.05, 4.69) is 20.2 Å². The summed E-state index contributed by atoms with van der Waals surface area (Å²) in [6, 6.07) is 22.2. The average molecular weight is 614 g/mol. The number of benzene rings is 3. The number of rotatable bonds is 10. The Morgan fingerprint density at radius 3 is 2.27 bits per heavy atom. The zero-order valence-corrected chi connectivity index (χ0v) is 25.9. The van der Waals surface area contributed by atoms with E-state index in [1.54, 1.807) is 18.2 Å². The summed E-state index contributed by atoms with van der Waals surface area (Å²) in [5, 5.41) is 3.48. The van der Waals surface area contributed by atoms with Crippen LogP contribution in [0.25, 0.3) is 0 Å². The highest BCUT2D eigenvalue weighted by Crippen LogP contribution is 2.29. The van der Waals surface area contributed by atoms with Gasteiger partial charge in [0.05, 0.1) is 19.0 Å². The van der Waals surface area contributed by atoms with Gasteiger partial charge >= 0.3 is 0 Å². The first-order valence-corrected chi connectivity index (χ1v) is 15.5. The van der Waals surface area contributed by atoms with Crippen LogP contribution in [0.4, 0.5) is 15.8 Å². The maximum atomic E-state index is 14.9. The number of nitrogens with one attached hydrogen (secondary N) is 1. The molecule has 2 heterocycles. The summed E-state index contributed by atoms with van der Waals surface area (Å²) in [7, 11) is 0. The lowest BCUT2D eigenvalue weighted by atomic mass is 10.0. The monoisotopic (exact) mass is 613 g/mol. The zero-order chi connectivity index (χ0) is 31.1. The van der Waals surface area contributed by atoms with Crippen molar-refractivity contribution in [2.45, 2.75) is 38.5 Å². The van der Waals surface area contributed by atoms with Crippen LogP contribution in [-0.2, 0) is 20.9 Å². The third-order valence-corrected chi connectivity index (χ3v) is 8.20. The highest BCUT2D eigenvalue weighted by atomic mass is 32.2. The van der Waals surface area contributed by atoms with Crippen LogP contribution in [0.3, 0.4) is 0 Å². The number of thioether (sulfide) groups is 1. The molecule has 1 aliphatic rings. The van der Waals surface area contributed by atoms with Crippen molar-refractivity contribution in [2.24, 2.45) is 0 Å². The van der Waals surface area contributed by atoms with E-state index in [1.807, 2.05) is 75.4 Å². The summed E-state index contributed by atoms with van der Waals surface area (Å²) >= 11 is 1.19. The van der Waals surface area contributed by atoms with E-state index in [0.717, 1.165) is 35.7 Å². The average Bonchev–Trinajstić information content (AvgIpc) is 3.02. The van der Waals surface area contributed by atoms with Crippen molar-refractivity contribution in [3.8, 4) is 0 Å². The van der Waals surface area contributed by atoms with Crippen molar-refractivity contribution in [3.05, 3.63) is 113 Å². The Hall–Kier alpha value is -4.28. The number of halogens is 1. The number of ether oxygens (including phenoxy) is 1. The highest BCUT2D eigenvalue weighted by Gasteiger charge is 2.32. The molecular weight excluding hydrogens is 577 g/mol. The molecule has 44 heavy (non-hydrogen) atoms. The molecule has 4 aromatic rings. The van der Waals surface area contributed by atoms with Gasteiger partial charge in [0, 0.05) is 48.0 Å². The number of morpholine rings is 1. The van der Waals surface area contributed by atoms with Crippen LogP contribution in [0.5, 0.6) is 0 Å². The number of carbonyl (C=O) groups excluding carboxylic acids is 2. The van der Waals surface area contributed by atoms with E-state index >= 15 is 0 Å². The van der Waals surface area contributed by atoms with Crippen LogP contribution in [0, 0.1) is 26.6 Å². The standard InChI is InChI=1S/C34H36FN5O3S/c1-23-8-10-26(11-9-23)32(33(42)38-28-12-14-29(15-13-28)39-16-18-43-19-17-39)40(21-27-6-4-5-7-30(27)35)31(41)22-44-34-36-24(2)20-25(3)37-34/h4-15,20,32H,16-19,21-22H2,1-3H3,(H,38,42). The van der Waals surface area contributed by atoms with Crippen molar-refractivity contribution >= 4 is 35.0 Å². The molecule has 2 amide bonds. The van der Waals surface area contributed by atoms with E-state index in [-0.39, 0.29) is 18.2 Å². The van der Waals surface area contributed by atoms with E-state index in [9.17, 15) is 14.0 Å². The van der Waals surface area contributed by atoms with E-state index < -0.39 is 17.8 Å². The van der Waals surface area contributed by atoms with Crippen molar-refractivity contribution in [2.75, 3.05) is 42.3 Å². The fraction of sp³-hybridized carbons (Fsp3) is 0.294. The minimum absolute atomic E-state index is 0.0266. The molecule has 1 unspecified atom stereocenters. The van der Waals surface area contributed by atoms with Crippen LogP contribution in [0.2, 0.25) is 0 Å². The van der Waals surface area contributed by atoms with Crippen molar-refractivity contribution < 1.29 is 18.7 Å². The molecule has 1 aromatic heterocycles. The van der Waals surface area contributed by atoms with Crippen LogP contribution in [-0.4, -0.2) is 58.7 Å². The summed E-state index contributed by atoms with van der Waals surface area (Å²) in [5.74, 6) is -1.21. The Kier molecular flexibility index (Phi) is 10.2. The number of hydrogen-bond acceptors (Lipinski definition) is 7. The zero-order valence-electron chi connectivity index (χ0n) is 25.1. The van der Waals surface area contributed by atoms with Crippen molar-refractivity contribution in [3.63, 3.8) is 0 Å². The fourth-order valence-electron chi connectivity index (χ4n) is 5.11. The van der Waals surface area contributed by atoms with E-state index in [4.69, 9.17) is 4.74 Å². The van der Waals surface area contributed by atoms with Gasteiger partial charge in [-0.15, -0.1) is 0 Å². The Morgan fingerprint density at radius 1 is 0.955 bits per heavy atom. The molecule has 1 N–H and O–H groups in total. The first-order chi connectivity index (χ1) is 21.3. The van der Waals surface area contributed by atoms with Crippen LogP contribution in [0.15, 0.2) is 84.0 Å². The Morgan fingerprint density at radius 2 is 1.61 bits per heavy atom. The summed E-state index contributed by atoms with van der Waals surface area (Å²) < 4.78 is 20.4. The van der Waals surface area contributed by atoms with Gasteiger partial charge in [-0.3, -0.25) is 9.59 Å². The molecule has 1 fully saturated rings. The molecule has 1 aliphatic heterocycles. The molecule has 1 saturated heterocycles. The smallest absolute Gasteiger partial charge is 0.251 e. The normalized spacial score (nSPS) is 13.8. The molecule has 0 bridgehead atoms. The van der Waals surface area contributed by atoms with Crippen molar-refractivity contribution in [1.29, 1.82) is 0 Å². The molecule has 5 rings (SSSR count). The number of carbonyl (C=O) groups is 2. The van der Waals surface area contributed by atoms with E-state index in [0.29, 0.717) is 35.2 Å². The molecule has 3 aromatic carbocycles. The topological polar surface area (TPSA) is 87.7 Å². The van der Waals surface area contributed by atoms with Gasteiger partial charge in [-0.05, 0) is 62.7 Å². The molecule has 0 spiro atoms. The number of anilines is 2.